The minimum Gasteiger partial charge on any atom is -0.497 e. The van der Waals surface area contributed by atoms with Gasteiger partial charge in [0.25, 0.3) is 0 Å². The Morgan fingerprint density at radius 1 is 1.44 bits per heavy atom. The highest BCUT2D eigenvalue weighted by Gasteiger charge is 1.80. The molecule has 0 N–H and O–H groups in total. The third-order valence-corrected chi connectivity index (χ3v) is 0.838. The summed E-state index contributed by atoms with van der Waals surface area (Å²) in [6, 6.07) is 0. The fourth-order valence-corrected chi connectivity index (χ4v) is 0.314. The largest absolute Gasteiger partial charge is 0.497 e. The lowest BCUT2D eigenvalue weighted by molar-refractivity contribution is 0.309. The van der Waals surface area contributed by atoms with Gasteiger partial charge < -0.3 is 4.74 Å². The molecule has 0 fully saturated rings. The van der Waals surface area contributed by atoms with Crippen molar-refractivity contribution in [2.75, 3.05) is 7.11 Å². The second-order valence-corrected chi connectivity index (χ2v) is 1.94. The molecule has 0 heterocycles. The van der Waals surface area contributed by atoms with Gasteiger partial charge in [-0.3, -0.25) is 0 Å². The van der Waals surface area contributed by atoms with Crippen molar-refractivity contribution in [3.8, 4) is 0 Å². The number of hydrogen-bond acceptors (Lipinski definition) is 1. The summed E-state index contributed by atoms with van der Waals surface area (Å²) < 4.78 is 4.72. The summed E-state index contributed by atoms with van der Waals surface area (Å²) in [5.41, 5.74) is 0. The van der Waals surface area contributed by atoms with Crippen LogP contribution in [0.1, 0.15) is 0 Å². The van der Waals surface area contributed by atoms with Crippen molar-refractivity contribution < 1.29 is 4.74 Å². The van der Waals surface area contributed by atoms with Crippen LogP contribution in [0.3, 0.4) is 0 Å². The molecule has 50 valence electrons. The van der Waals surface area contributed by atoms with Crippen LogP contribution >= 0.6 is 11.6 Å². The van der Waals surface area contributed by atoms with Gasteiger partial charge in [-0.25, -0.2) is 0 Å². The SMILES string of the molecule is C=C(Cl)/C=C\C(=C)OC. The fourth-order valence-electron chi connectivity index (χ4n) is 0.251. The average Bonchev–Trinajstić information content (AvgIpc) is 1.83. The summed E-state index contributed by atoms with van der Waals surface area (Å²) in [5, 5.41) is 0.466. The lowest BCUT2D eigenvalue weighted by atomic mass is 10.4. The molecule has 0 bridgehead atoms. The molecule has 0 rings (SSSR count). The van der Waals surface area contributed by atoms with Crippen LogP contribution < -0.4 is 0 Å². The van der Waals surface area contributed by atoms with Crippen molar-refractivity contribution in [2.24, 2.45) is 0 Å². The monoisotopic (exact) mass is 144 g/mol. The molecule has 1 nitrogen and oxygen atoms in total. The van der Waals surface area contributed by atoms with Crippen LogP contribution in [0.25, 0.3) is 0 Å². The number of allylic oxidation sites excluding steroid dienone is 3. The van der Waals surface area contributed by atoms with Crippen molar-refractivity contribution in [2.45, 2.75) is 0 Å². The van der Waals surface area contributed by atoms with E-state index in [-0.39, 0.29) is 0 Å². The summed E-state index contributed by atoms with van der Waals surface area (Å²) in [4.78, 5) is 0. The first-order valence-electron chi connectivity index (χ1n) is 2.42. The third kappa shape index (κ3) is 5.18. The summed E-state index contributed by atoms with van der Waals surface area (Å²) >= 11 is 5.40. The van der Waals surface area contributed by atoms with E-state index < -0.39 is 0 Å². The molecular formula is C7H9ClO. The Morgan fingerprint density at radius 3 is 2.33 bits per heavy atom. The van der Waals surface area contributed by atoms with E-state index in [1.54, 1.807) is 19.3 Å². The quantitative estimate of drug-likeness (QED) is 0.437. The summed E-state index contributed by atoms with van der Waals surface area (Å²) in [6.45, 7) is 6.98. The summed E-state index contributed by atoms with van der Waals surface area (Å²) in [6.07, 6.45) is 3.27. The topological polar surface area (TPSA) is 9.23 Å². The minimum atomic E-state index is 0.466. The maximum Gasteiger partial charge on any atom is 0.111 e. The van der Waals surface area contributed by atoms with Crippen LogP contribution in [0.4, 0.5) is 0 Å². The lowest BCUT2D eigenvalue weighted by Crippen LogP contribution is -1.75. The molecule has 0 aliphatic rings. The molecule has 0 aromatic rings. The zero-order valence-electron chi connectivity index (χ0n) is 5.36. The van der Waals surface area contributed by atoms with E-state index in [0.29, 0.717) is 10.8 Å². The first-order valence-corrected chi connectivity index (χ1v) is 2.80. The number of halogens is 1. The van der Waals surface area contributed by atoms with Crippen molar-refractivity contribution in [3.63, 3.8) is 0 Å². The molecule has 0 saturated carbocycles. The minimum absolute atomic E-state index is 0.466. The van der Waals surface area contributed by atoms with Gasteiger partial charge in [0, 0.05) is 5.03 Å². The molecular weight excluding hydrogens is 136 g/mol. The Bertz CT molecular complexity index is 147. The highest BCUT2D eigenvalue weighted by molar-refractivity contribution is 6.30. The van der Waals surface area contributed by atoms with E-state index in [1.807, 2.05) is 0 Å². The number of rotatable bonds is 3. The van der Waals surface area contributed by atoms with Crippen LogP contribution in [0, 0.1) is 0 Å². The Labute approximate surface area is 60.3 Å². The first-order chi connectivity index (χ1) is 4.16. The normalized spacial score (nSPS) is 9.56. The number of methoxy groups -OCH3 is 1. The molecule has 0 radical (unpaired) electrons. The molecule has 0 aliphatic heterocycles. The van der Waals surface area contributed by atoms with Gasteiger partial charge in [-0.2, -0.15) is 0 Å². The highest BCUT2D eigenvalue weighted by Crippen LogP contribution is 2.01. The summed E-state index contributed by atoms with van der Waals surface area (Å²) in [7, 11) is 1.55. The van der Waals surface area contributed by atoms with Gasteiger partial charge in [0.2, 0.25) is 0 Å². The Hall–Kier alpha value is -0.690. The van der Waals surface area contributed by atoms with E-state index in [4.69, 9.17) is 16.3 Å². The van der Waals surface area contributed by atoms with E-state index in [1.165, 1.54) is 0 Å². The van der Waals surface area contributed by atoms with Gasteiger partial charge in [0.15, 0.2) is 0 Å². The number of hydrogen-bond donors (Lipinski definition) is 0. The van der Waals surface area contributed by atoms with Gasteiger partial charge in [-0.15, -0.1) is 0 Å². The molecule has 0 aromatic heterocycles. The zero-order chi connectivity index (χ0) is 7.28. The highest BCUT2D eigenvalue weighted by atomic mass is 35.5. The second kappa shape index (κ2) is 4.21. The Balaban J connectivity index is 3.71. The van der Waals surface area contributed by atoms with Crippen molar-refractivity contribution >= 4 is 11.6 Å². The molecule has 0 amide bonds. The lowest BCUT2D eigenvalue weighted by Gasteiger charge is -1.93. The van der Waals surface area contributed by atoms with E-state index in [2.05, 4.69) is 13.2 Å². The first kappa shape index (κ1) is 8.31. The van der Waals surface area contributed by atoms with Crippen molar-refractivity contribution in [1.82, 2.24) is 0 Å². The van der Waals surface area contributed by atoms with Crippen LogP contribution in [0.5, 0.6) is 0 Å². The number of ether oxygens (including phenoxy) is 1. The second-order valence-electron chi connectivity index (χ2n) is 1.45. The van der Waals surface area contributed by atoms with Gasteiger partial charge in [-0.1, -0.05) is 24.8 Å². The third-order valence-electron chi connectivity index (χ3n) is 0.712. The molecule has 0 aromatic carbocycles. The molecule has 0 saturated heterocycles. The molecule has 0 unspecified atom stereocenters. The molecule has 9 heavy (non-hydrogen) atoms. The van der Waals surface area contributed by atoms with Crippen molar-refractivity contribution in [3.05, 3.63) is 36.1 Å². The van der Waals surface area contributed by atoms with Crippen LogP contribution in [-0.4, -0.2) is 7.11 Å². The van der Waals surface area contributed by atoms with Crippen molar-refractivity contribution in [1.29, 1.82) is 0 Å². The van der Waals surface area contributed by atoms with Crippen LogP contribution in [0.15, 0.2) is 36.1 Å². The predicted molar refractivity (Wildman–Crippen MR) is 40.3 cm³/mol. The Morgan fingerprint density at radius 2 is 2.00 bits per heavy atom. The van der Waals surface area contributed by atoms with E-state index >= 15 is 0 Å². The molecule has 0 aliphatic carbocycles. The van der Waals surface area contributed by atoms with E-state index in [0.717, 1.165) is 0 Å². The predicted octanol–water partition coefficient (Wildman–Crippen LogP) is 2.46. The zero-order valence-corrected chi connectivity index (χ0v) is 6.11. The molecule has 0 spiro atoms. The van der Waals surface area contributed by atoms with Crippen LogP contribution in [0.2, 0.25) is 0 Å². The van der Waals surface area contributed by atoms with E-state index in [9.17, 15) is 0 Å². The molecule has 0 atom stereocenters. The Kier molecular flexibility index (Phi) is 3.89. The summed E-state index contributed by atoms with van der Waals surface area (Å²) in [5.74, 6) is 0.566. The average molecular weight is 145 g/mol. The van der Waals surface area contributed by atoms with Gasteiger partial charge >= 0.3 is 0 Å². The van der Waals surface area contributed by atoms with Gasteiger partial charge in [0.05, 0.1) is 7.11 Å². The van der Waals surface area contributed by atoms with Gasteiger partial charge in [-0.05, 0) is 12.2 Å². The molecule has 2 heteroatoms. The maximum absolute atomic E-state index is 5.40. The van der Waals surface area contributed by atoms with Crippen LogP contribution in [-0.2, 0) is 4.74 Å². The van der Waals surface area contributed by atoms with Gasteiger partial charge in [0.1, 0.15) is 5.76 Å². The standard InChI is InChI=1S/C7H9ClO/c1-6(8)4-5-7(2)9-3/h4-5H,1-2H2,3H3/b5-4-. The maximum atomic E-state index is 5.40. The fraction of sp³-hybridized carbons (Fsp3) is 0.143. The smallest absolute Gasteiger partial charge is 0.111 e.